The van der Waals surface area contributed by atoms with E-state index >= 15 is 0 Å². The highest BCUT2D eigenvalue weighted by atomic mass is 32.2. The van der Waals surface area contributed by atoms with Crippen LogP contribution in [0.5, 0.6) is 0 Å². The van der Waals surface area contributed by atoms with Crippen LogP contribution in [0.2, 0.25) is 0 Å². The van der Waals surface area contributed by atoms with Gasteiger partial charge in [-0.15, -0.1) is 0 Å². The predicted octanol–water partition coefficient (Wildman–Crippen LogP) is 1.61. The van der Waals surface area contributed by atoms with Gasteiger partial charge in [0.15, 0.2) is 0 Å². The zero-order chi connectivity index (χ0) is 17.8. The molecule has 130 valence electrons. The summed E-state index contributed by atoms with van der Waals surface area (Å²) in [5.41, 5.74) is 5.04. The standard InChI is InChI=1S/C15H23FN2O4S/c1-5-22-14(19)11-6-12(16)8-13(7-11)23(20,21)18(4)10-15(2,3)9-17/h6-8H,5,9-10,17H2,1-4H3. The molecule has 0 saturated heterocycles. The predicted molar refractivity (Wildman–Crippen MR) is 85.0 cm³/mol. The normalized spacial score (nSPS) is 12.5. The van der Waals surface area contributed by atoms with Crippen molar-refractivity contribution in [3.05, 3.63) is 29.6 Å². The minimum atomic E-state index is -3.95. The highest BCUT2D eigenvalue weighted by molar-refractivity contribution is 7.89. The highest BCUT2D eigenvalue weighted by Gasteiger charge is 2.28. The number of rotatable bonds is 7. The smallest absolute Gasteiger partial charge is 0.338 e. The topological polar surface area (TPSA) is 89.7 Å². The van der Waals surface area contributed by atoms with E-state index in [1.807, 2.05) is 13.8 Å². The van der Waals surface area contributed by atoms with Crippen molar-refractivity contribution in [1.82, 2.24) is 4.31 Å². The van der Waals surface area contributed by atoms with E-state index in [1.165, 1.54) is 7.05 Å². The van der Waals surface area contributed by atoms with Crippen LogP contribution in [-0.2, 0) is 14.8 Å². The van der Waals surface area contributed by atoms with Crippen molar-refractivity contribution in [3.63, 3.8) is 0 Å². The number of esters is 1. The summed E-state index contributed by atoms with van der Waals surface area (Å²) in [7, 11) is -2.56. The molecule has 0 aliphatic heterocycles. The molecule has 1 aromatic carbocycles. The van der Waals surface area contributed by atoms with E-state index in [1.54, 1.807) is 6.92 Å². The van der Waals surface area contributed by atoms with Gasteiger partial charge in [-0.25, -0.2) is 21.9 Å². The fraction of sp³-hybridized carbons (Fsp3) is 0.533. The minimum Gasteiger partial charge on any atom is -0.462 e. The van der Waals surface area contributed by atoms with E-state index in [-0.39, 0.29) is 23.6 Å². The molecule has 1 aromatic rings. The Balaban J connectivity index is 3.20. The molecule has 0 saturated carbocycles. The van der Waals surface area contributed by atoms with E-state index in [9.17, 15) is 17.6 Å². The lowest BCUT2D eigenvalue weighted by Gasteiger charge is -2.28. The first-order valence-corrected chi connectivity index (χ1v) is 8.61. The van der Waals surface area contributed by atoms with Gasteiger partial charge in [0.2, 0.25) is 10.0 Å². The maximum absolute atomic E-state index is 13.7. The number of hydrogen-bond acceptors (Lipinski definition) is 5. The fourth-order valence-electron chi connectivity index (χ4n) is 1.98. The molecule has 0 bridgehead atoms. The van der Waals surface area contributed by atoms with E-state index in [2.05, 4.69) is 0 Å². The number of halogens is 1. The van der Waals surface area contributed by atoms with Gasteiger partial charge < -0.3 is 10.5 Å². The number of carbonyl (C=O) groups excluding carboxylic acids is 1. The van der Waals surface area contributed by atoms with Crippen LogP contribution >= 0.6 is 0 Å². The van der Waals surface area contributed by atoms with Crippen molar-refractivity contribution in [2.45, 2.75) is 25.7 Å². The number of ether oxygens (including phenoxy) is 1. The second-order valence-electron chi connectivity index (χ2n) is 6.03. The number of carbonyl (C=O) groups is 1. The van der Waals surface area contributed by atoms with Crippen molar-refractivity contribution in [1.29, 1.82) is 0 Å². The van der Waals surface area contributed by atoms with Gasteiger partial charge in [-0.1, -0.05) is 13.8 Å². The third kappa shape index (κ3) is 4.98. The van der Waals surface area contributed by atoms with Gasteiger partial charge in [-0.3, -0.25) is 0 Å². The van der Waals surface area contributed by atoms with Gasteiger partial charge >= 0.3 is 5.97 Å². The molecular weight excluding hydrogens is 323 g/mol. The Bertz CT molecular complexity index is 674. The number of nitrogens with zero attached hydrogens (tertiary/aromatic N) is 1. The Morgan fingerprint density at radius 3 is 2.48 bits per heavy atom. The van der Waals surface area contributed by atoms with Crippen LogP contribution in [-0.4, -0.2) is 45.4 Å². The molecule has 0 amide bonds. The second-order valence-corrected chi connectivity index (χ2v) is 8.07. The van der Waals surface area contributed by atoms with Gasteiger partial charge in [0.05, 0.1) is 17.1 Å². The average Bonchev–Trinajstić information content (AvgIpc) is 2.46. The highest BCUT2D eigenvalue weighted by Crippen LogP contribution is 2.22. The first-order chi connectivity index (χ1) is 10.5. The molecule has 1 rings (SSSR count). The third-order valence-corrected chi connectivity index (χ3v) is 5.08. The number of hydrogen-bond donors (Lipinski definition) is 1. The van der Waals surface area contributed by atoms with Crippen LogP contribution in [0.4, 0.5) is 4.39 Å². The number of benzene rings is 1. The lowest BCUT2D eigenvalue weighted by Crippen LogP contribution is -2.39. The first-order valence-electron chi connectivity index (χ1n) is 7.17. The lowest BCUT2D eigenvalue weighted by molar-refractivity contribution is 0.0525. The molecular formula is C15H23FN2O4S. The maximum atomic E-state index is 13.7. The van der Waals surface area contributed by atoms with Crippen molar-refractivity contribution in [2.24, 2.45) is 11.1 Å². The summed E-state index contributed by atoms with van der Waals surface area (Å²) in [6.45, 7) is 5.84. The van der Waals surface area contributed by atoms with Gasteiger partial charge in [-0.05, 0) is 37.1 Å². The summed E-state index contributed by atoms with van der Waals surface area (Å²) in [6, 6.07) is 2.94. The van der Waals surface area contributed by atoms with Crippen molar-refractivity contribution in [3.8, 4) is 0 Å². The van der Waals surface area contributed by atoms with E-state index in [4.69, 9.17) is 10.5 Å². The molecule has 0 fully saturated rings. The zero-order valence-corrected chi connectivity index (χ0v) is 14.6. The largest absolute Gasteiger partial charge is 0.462 e. The summed E-state index contributed by atoms with van der Waals surface area (Å²) in [5, 5.41) is 0. The van der Waals surface area contributed by atoms with Crippen LogP contribution in [0.3, 0.4) is 0 Å². The van der Waals surface area contributed by atoms with Crippen molar-refractivity contribution < 1.29 is 22.3 Å². The molecule has 0 aliphatic rings. The molecule has 0 radical (unpaired) electrons. The molecule has 8 heteroatoms. The maximum Gasteiger partial charge on any atom is 0.338 e. The Kier molecular flexibility index (Phi) is 6.26. The Morgan fingerprint density at radius 1 is 1.35 bits per heavy atom. The van der Waals surface area contributed by atoms with Crippen LogP contribution in [0.1, 0.15) is 31.1 Å². The Hall–Kier alpha value is -1.51. The molecule has 0 heterocycles. The fourth-order valence-corrected chi connectivity index (χ4v) is 3.39. The molecule has 23 heavy (non-hydrogen) atoms. The molecule has 0 atom stereocenters. The van der Waals surface area contributed by atoms with Crippen LogP contribution in [0.15, 0.2) is 23.1 Å². The molecule has 0 aromatic heterocycles. The van der Waals surface area contributed by atoms with Crippen molar-refractivity contribution in [2.75, 3.05) is 26.7 Å². The van der Waals surface area contributed by atoms with Gasteiger partial charge in [0, 0.05) is 13.6 Å². The van der Waals surface area contributed by atoms with E-state index < -0.39 is 27.2 Å². The summed E-state index contributed by atoms with van der Waals surface area (Å²) < 4.78 is 44.7. The molecule has 0 unspecified atom stereocenters. The number of sulfonamides is 1. The lowest BCUT2D eigenvalue weighted by atomic mass is 9.94. The van der Waals surface area contributed by atoms with Crippen LogP contribution in [0.25, 0.3) is 0 Å². The Labute approximate surface area is 136 Å². The minimum absolute atomic E-state index is 0.113. The average molecular weight is 346 g/mol. The quantitative estimate of drug-likeness (QED) is 0.758. The van der Waals surface area contributed by atoms with Gasteiger partial charge in [0.25, 0.3) is 0 Å². The molecule has 0 aliphatic carbocycles. The summed E-state index contributed by atoms with van der Waals surface area (Å²) in [6.07, 6.45) is 0. The monoisotopic (exact) mass is 346 g/mol. The number of nitrogens with two attached hydrogens (primary N) is 1. The van der Waals surface area contributed by atoms with Crippen LogP contribution in [0, 0.1) is 11.2 Å². The Morgan fingerprint density at radius 2 is 1.96 bits per heavy atom. The van der Waals surface area contributed by atoms with E-state index in [0.29, 0.717) is 6.54 Å². The van der Waals surface area contributed by atoms with Gasteiger partial charge in [-0.2, -0.15) is 0 Å². The molecule has 2 N–H and O–H groups in total. The zero-order valence-electron chi connectivity index (χ0n) is 13.8. The molecule has 6 nitrogen and oxygen atoms in total. The summed E-state index contributed by atoms with van der Waals surface area (Å²) >= 11 is 0. The van der Waals surface area contributed by atoms with Crippen molar-refractivity contribution >= 4 is 16.0 Å². The first kappa shape index (κ1) is 19.5. The summed E-state index contributed by atoms with van der Waals surface area (Å²) in [5.74, 6) is -1.59. The van der Waals surface area contributed by atoms with E-state index in [0.717, 1.165) is 22.5 Å². The third-order valence-electron chi connectivity index (χ3n) is 3.29. The second kappa shape index (κ2) is 7.37. The summed E-state index contributed by atoms with van der Waals surface area (Å²) in [4.78, 5) is 11.4. The van der Waals surface area contributed by atoms with Gasteiger partial charge in [0.1, 0.15) is 5.82 Å². The van der Waals surface area contributed by atoms with Crippen LogP contribution < -0.4 is 5.73 Å². The molecule has 0 spiro atoms. The SMILES string of the molecule is CCOC(=O)c1cc(F)cc(S(=O)(=O)N(C)CC(C)(C)CN)c1.